The van der Waals surface area contributed by atoms with Gasteiger partial charge < -0.3 is 26.6 Å². The van der Waals surface area contributed by atoms with Crippen molar-refractivity contribution in [1.82, 2.24) is 10.6 Å². The third kappa shape index (κ3) is 8.38. The van der Waals surface area contributed by atoms with E-state index in [0.717, 1.165) is 16.7 Å². The Kier molecular flexibility index (Phi) is 10.0. The lowest BCUT2D eigenvalue weighted by Crippen LogP contribution is -2.54. The zero-order valence-corrected chi connectivity index (χ0v) is 20.9. The number of hydrogen-bond acceptors (Lipinski definition) is 5. The molecule has 188 valence electrons. The van der Waals surface area contributed by atoms with Crippen LogP contribution >= 0.6 is 0 Å². The molecule has 6 N–H and O–H groups in total. The second-order valence-corrected chi connectivity index (χ2v) is 10.4. The van der Waals surface area contributed by atoms with E-state index in [-0.39, 0.29) is 41.5 Å². The standard InChI is InChI=1S/C27H40FN3O3/c1-17(2)25(30-15-21(29)12-18-6-9-20(28)10-7-18)26(34)31-22(16-32)13-19-8-11-24(33)23(14-19)27(3,4)5/h6-11,14,17,21-22,25,30,32-33H,12-13,15-16,29H2,1-5H3,(H,31,34). The lowest BCUT2D eigenvalue weighted by Gasteiger charge is -2.27. The molecular weight excluding hydrogens is 433 g/mol. The van der Waals surface area contributed by atoms with E-state index in [9.17, 15) is 19.4 Å². The molecule has 1 amide bonds. The summed E-state index contributed by atoms with van der Waals surface area (Å²) in [5, 5.41) is 26.3. The number of amides is 1. The van der Waals surface area contributed by atoms with Crippen LogP contribution in [0, 0.1) is 11.7 Å². The van der Waals surface area contributed by atoms with Crippen molar-refractivity contribution in [3.8, 4) is 5.75 Å². The number of halogens is 1. The third-order valence-electron chi connectivity index (χ3n) is 5.88. The van der Waals surface area contributed by atoms with Gasteiger partial charge in [-0.2, -0.15) is 0 Å². The summed E-state index contributed by atoms with van der Waals surface area (Å²) in [4.78, 5) is 13.0. The first-order chi connectivity index (χ1) is 15.9. The number of benzene rings is 2. The first-order valence-electron chi connectivity index (χ1n) is 11.9. The summed E-state index contributed by atoms with van der Waals surface area (Å²) in [5.74, 6) is -0.231. The number of phenolic OH excluding ortho intramolecular Hbond substituents is 1. The first kappa shape index (κ1) is 27.8. The summed E-state index contributed by atoms with van der Waals surface area (Å²) in [6.45, 7) is 10.2. The van der Waals surface area contributed by atoms with Gasteiger partial charge in [0.2, 0.25) is 5.91 Å². The molecule has 0 heterocycles. The van der Waals surface area contributed by atoms with Gasteiger partial charge in [-0.1, -0.05) is 58.9 Å². The summed E-state index contributed by atoms with van der Waals surface area (Å²) < 4.78 is 13.1. The number of aromatic hydroxyl groups is 1. The average Bonchev–Trinajstić information content (AvgIpc) is 2.75. The SMILES string of the molecule is CC(C)C(NCC(N)Cc1ccc(F)cc1)C(=O)NC(CO)Cc1ccc(O)c(C(C)(C)C)c1. The lowest BCUT2D eigenvalue weighted by atomic mass is 9.85. The topological polar surface area (TPSA) is 108 Å². The van der Waals surface area contributed by atoms with Gasteiger partial charge in [-0.3, -0.25) is 4.79 Å². The summed E-state index contributed by atoms with van der Waals surface area (Å²) >= 11 is 0. The van der Waals surface area contributed by atoms with Crippen LogP contribution in [0.5, 0.6) is 5.75 Å². The molecule has 0 aliphatic heterocycles. The molecule has 2 rings (SSSR count). The number of carbonyl (C=O) groups is 1. The maximum atomic E-state index is 13.1. The normalized spacial score (nSPS) is 14.6. The highest BCUT2D eigenvalue weighted by molar-refractivity contribution is 5.82. The number of hydrogen-bond donors (Lipinski definition) is 5. The van der Waals surface area contributed by atoms with Crippen LogP contribution in [-0.2, 0) is 23.1 Å². The maximum absolute atomic E-state index is 13.1. The fourth-order valence-electron chi connectivity index (χ4n) is 3.95. The molecule has 0 saturated heterocycles. The summed E-state index contributed by atoms with van der Waals surface area (Å²) in [5.41, 5.74) is 8.70. The number of carbonyl (C=O) groups excluding carboxylic acids is 1. The second-order valence-electron chi connectivity index (χ2n) is 10.4. The number of aliphatic hydroxyl groups excluding tert-OH is 1. The van der Waals surface area contributed by atoms with Crippen molar-refractivity contribution in [3.63, 3.8) is 0 Å². The van der Waals surface area contributed by atoms with E-state index < -0.39 is 12.1 Å². The number of nitrogens with two attached hydrogens (primary N) is 1. The van der Waals surface area contributed by atoms with Crippen LogP contribution in [-0.4, -0.2) is 47.4 Å². The van der Waals surface area contributed by atoms with Crippen LogP contribution in [0.2, 0.25) is 0 Å². The highest BCUT2D eigenvalue weighted by atomic mass is 19.1. The minimum Gasteiger partial charge on any atom is -0.508 e. The van der Waals surface area contributed by atoms with Crippen molar-refractivity contribution >= 4 is 5.91 Å². The Hall–Kier alpha value is -2.48. The molecule has 0 radical (unpaired) electrons. The second kappa shape index (κ2) is 12.3. The van der Waals surface area contributed by atoms with Crippen LogP contribution in [0.25, 0.3) is 0 Å². The monoisotopic (exact) mass is 473 g/mol. The summed E-state index contributed by atoms with van der Waals surface area (Å²) in [6, 6.07) is 10.5. The van der Waals surface area contributed by atoms with Gasteiger partial charge in [-0.15, -0.1) is 0 Å². The van der Waals surface area contributed by atoms with Gasteiger partial charge >= 0.3 is 0 Å². The van der Waals surface area contributed by atoms with Crippen LogP contribution in [0.15, 0.2) is 42.5 Å². The molecule has 7 heteroatoms. The maximum Gasteiger partial charge on any atom is 0.237 e. The van der Waals surface area contributed by atoms with Crippen LogP contribution in [0.3, 0.4) is 0 Å². The van der Waals surface area contributed by atoms with Crippen LogP contribution < -0.4 is 16.4 Å². The van der Waals surface area contributed by atoms with Gasteiger partial charge in [0.05, 0.1) is 18.7 Å². The quantitative estimate of drug-likeness (QED) is 0.345. The fourth-order valence-corrected chi connectivity index (χ4v) is 3.95. The van der Waals surface area contributed by atoms with E-state index in [1.54, 1.807) is 18.2 Å². The molecular formula is C27H40FN3O3. The molecule has 0 fully saturated rings. The molecule has 2 aromatic carbocycles. The third-order valence-corrected chi connectivity index (χ3v) is 5.88. The molecule has 0 spiro atoms. The van der Waals surface area contributed by atoms with Crippen LogP contribution in [0.1, 0.15) is 51.3 Å². The minimum atomic E-state index is -0.474. The predicted molar refractivity (Wildman–Crippen MR) is 134 cm³/mol. The number of phenols is 1. The molecule has 0 aliphatic carbocycles. The van der Waals surface area contributed by atoms with Crippen LogP contribution in [0.4, 0.5) is 4.39 Å². The number of nitrogens with one attached hydrogen (secondary N) is 2. The van der Waals surface area contributed by atoms with Gasteiger partial charge in [-0.05, 0) is 59.1 Å². The Labute approximate surface area is 202 Å². The summed E-state index contributed by atoms with van der Waals surface area (Å²) in [7, 11) is 0. The Bertz CT molecular complexity index is 926. The van der Waals surface area contributed by atoms with Crippen molar-refractivity contribution in [3.05, 3.63) is 65.0 Å². The smallest absolute Gasteiger partial charge is 0.237 e. The minimum absolute atomic E-state index is 0.0125. The van der Waals surface area contributed by atoms with Gasteiger partial charge in [0.15, 0.2) is 0 Å². The van der Waals surface area contributed by atoms with E-state index in [1.165, 1.54) is 12.1 Å². The van der Waals surface area contributed by atoms with E-state index >= 15 is 0 Å². The van der Waals surface area contributed by atoms with Gasteiger partial charge in [-0.25, -0.2) is 4.39 Å². The highest BCUT2D eigenvalue weighted by Gasteiger charge is 2.25. The van der Waals surface area contributed by atoms with Crippen molar-refractivity contribution in [1.29, 1.82) is 0 Å². The van der Waals surface area contributed by atoms with E-state index in [4.69, 9.17) is 5.73 Å². The van der Waals surface area contributed by atoms with Crippen molar-refractivity contribution in [2.75, 3.05) is 13.2 Å². The predicted octanol–water partition coefficient (Wildman–Crippen LogP) is 3.03. The van der Waals surface area contributed by atoms with Gasteiger partial charge in [0.25, 0.3) is 0 Å². The molecule has 3 unspecified atom stereocenters. The van der Waals surface area contributed by atoms with Gasteiger partial charge in [0.1, 0.15) is 11.6 Å². The molecule has 3 atom stereocenters. The average molecular weight is 474 g/mol. The molecule has 0 aromatic heterocycles. The van der Waals surface area contributed by atoms with E-state index in [1.807, 2.05) is 46.8 Å². The number of rotatable bonds is 11. The Morgan fingerprint density at radius 3 is 2.24 bits per heavy atom. The molecule has 0 saturated carbocycles. The fraction of sp³-hybridized carbons (Fsp3) is 0.519. The zero-order valence-electron chi connectivity index (χ0n) is 20.9. The zero-order chi connectivity index (χ0) is 25.5. The van der Waals surface area contributed by atoms with Crippen molar-refractivity contribution in [2.45, 2.75) is 71.0 Å². The van der Waals surface area contributed by atoms with E-state index in [0.29, 0.717) is 19.4 Å². The Balaban J connectivity index is 1.98. The number of aliphatic hydroxyl groups is 1. The lowest BCUT2D eigenvalue weighted by molar-refractivity contribution is -0.125. The van der Waals surface area contributed by atoms with Crippen molar-refractivity contribution in [2.24, 2.45) is 11.7 Å². The molecule has 0 bridgehead atoms. The molecule has 2 aromatic rings. The highest BCUT2D eigenvalue weighted by Crippen LogP contribution is 2.31. The summed E-state index contributed by atoms with van der Waals surface area (Å²) in [6.07, 6.45) is 1.01. The first-order valence-corrected chi connectivity index (χ1v) is 11.9. The Morgan fingerprint density at radius 2 is 1.68 bits per heavy atom. The van der Waals surface area contributed by atoms with Gasteiger partial charge in [0, 0.05) is 12.6 Å². The molecule has 34 heavy (non-hydrogen) atoms. The largest absolute Gasteiger partial charge is 0.508 e. The molecule has 6 nitrogen and oxygen atoms in total. The Morgan fingerprint density at radius 1 is 1.06 bits per heavy atom. The van der Waals surface area contributed by atoms with E-state index in [2.05, 4.69) is 10.6 Å². The molecule has 0 aliphatic rings. The van der Waals surface area contributed by atoms with Crippen molar-refractivity contribution < 1.29 is 19.4 Å².